The van der Waals surface area contributed by atoms with Crippen molar-refractivity contribution in [3.05, 3.63) is 108 Å². The van der Waals surface area contributed by atoms with E-state index in [4.69, 9.17) is 4.74 Å². The van der Waals surface area contributed by atoms with Crippen LogP contribution >= 0.6 is 11.8 Å². The van der Waals surface area contributed by atoms with Gasteiger partial charge in [-0.1, -0.05) is 72.8 Å². The molecule has 0 aliphatic carbocycles. The predicted molar refractivity (Wildman–Crippen MR) is 172 cm³/mol. The molecule has 0 radical (unpaired) electrons. The number of para-hydroxylation sites is 1. The average Bonchev–Trinajstić information content (AvgIpc) is 3.44. The molecular formula is C34H37N3O5S. The summed E-state index contributed by atoms with van der Waals surface area (Å²) in [6.07, 6.45) is 5.92. The van der Waals surface area contributed by atoms with Gasteiger partial charge in [0.2, 0.25) is 11.8 Å². The van der Waals surface area contributed by atoms with Crippen LogP contribution in [0.1, 0.15) is 23.1 Å². The van der Waals surface area contributed by atoms with Gasteiger partial charge in [-0.3, -0.25) is 14.4 Å². The summed E-state index contributed by atoms with van der Waals surface area (Å²) in [5.74, 6) is -2.13. The number of rotatable bonds is 15. The van der Waals surface area contributed by atoms with Gasteiger partial charge in [0.1, 0.15) is 11.8 Å². The number of hydrogen-bond donors (Lipinski definition) is 4. The van der Waals surface area contributed by atoms with Crippen molar-refractivity contribution in [1.82, 2.24) is 15.6 Å². The number of aliphatic carboxylic acids is 1. The van der Waals surface area contributed by atoms with Gasteiger partial charge in [-0.25, -0.2) is 0 Å². The minimum atomic E-state index is -1.06. The maximum Gasteiger partial charge on any atom is 0.307 e. The highest BCUT2D eigenvalue weighted by molar-refractivity contribution is 7.98. The number of likely N-dealkylation sites (N-methyl/N-ethyl adjacent to an activating group) is 1. The Balaban J connectivity index is 1.54. The van der Waals surface area contributed by atoms with E-state index in [0.717, 1.165) is 33.3 Å². The predicted octanol–water partition coefficient (Wildman–Crippen LogP) is 5.30. The molecule has 43 heavy (non-hydrogen) atoms. The third-order valence-corrected chi connectivity index (χ3v) is 8.48. The number of carboxylic acid groups (broad SMARTS) is 1. The monoisotopic (exact) mass is 599 g/mol. The molecule has 0 bridgehead atoms. The Labute approximate surface area is 255 Å². The SMILES string of the molecule is CNC(=O)[C@H](Cc1c[nH]c2ccccc12)NC(=O)[C@H](CSCc1ccc(OC)cc1)[C@H](C/C=C/c1ccccc1)C(=O)O. The van der Waals surface area contributed by atoms with Crippen molar-refractivity contribution in [2.75, 3.05) is 19.9 Å². The first-order chi connectivity index (χ1) is 20.9. The van der Waals surface area contributed by atoms with Crippen LogP contribution in [0.15, 0.2) is 91.1 Å². The molecule has 1 heterocycles. The van der Waals surface area contributed by atoms with Crippen molar-refractivity contribution in [2.45, 2.75) is 24.6 Å². The quantitative estimate of drug-likeness (QED) is 0.147. The van der Waals surface area contributed by atoms with Crippen LogP contribution in [0.5, 0.6) is 5.75 Å². The van der Waals surface area contributed by atoms with E-state index < -0.39 is 29.8 Å². The number of allylic oxidation sites excluding steroid dienone is 1. The number of fused-ring (bicyclic) bond motifs is 1. The van der Waals surface area contributed by atoms with E-state index in [9.17, 15) is 19.5 Å². The fraction of sp³-hybridized carbons (Fsp3) is 0.265. The summed E-state index contributed by atoms with van der Waals surface area (Å²) in [6.45, 7) is 0. The van der Waals surface area contributed by atoms with Crippen LogP contribution < -0.4 is 15.4 Å². The zero-order chi connectivity index (χ0) is 30.6. The average molecular weight is 600 g/mol. The lowest BCUT2D eigenvalue weighted by molar-refractivity contribution is -0.146. The van der Waals surface area contributed by atoms with Crippen molar-refractivity contribution in [3.63, 3.8) is 0 Å². The molecular weight excluding hydrogens is 562 g/mol. The normalized spacial score (nSPS) is 13.3. The minimum Gasteiger partial charge on any atom is -0.497 e. The fourth-order valence-corrected chi connectivity index (χ4v) is 6.12. The first-order valence-electron chi connectivity index (χ1n) is 14.1. The van der Waals surface area contributed by atoms with Crippen molar-refractivity contribution in [3.8, 4) is 5.75 Å². The molecule has 0 aliphatic heterocycles. The summed E-state index contributed by atoms with van der Waals surface area (Å²) < 4.78 is 5.23. The van der Waals surface area contributed by atoms with Crippen LogP contribution in [0, 0.1) is 11.8 Å². The second-order valence-electron chi connectivity index (χ2n) is 10.2. The Morgan fingerprint density at radius 1 is 0.953 bits per heavy atom. The molecule has 4 N–H and O–H groups in total. The van der Waals surface area contributed by atoms with E-state index in [-0.39, 0.29) is 24.5 Å². The van der Waals surface area contributed by atoms with Crippen LogP contribution in [0.2, 0.25) is 0 Å². The Hall–Kier alpha value is -4.50. The van der Waals surface area contributed by atoms with Gasteiger partial charge in [-0.15, -0.1) is 0 Å². The van der Waals surface area contributed by atoms with Gasteiger partial charge in [-0.05, 0) is 41.3 Å². The number of aromatic nitrogens is 1. The molecule has 0 aliphatic rings. The summed E-state index contributed by atoms with van der Waals surface area (Å²) in [6, 6.07) is 24.1. The van der Waals surface area contributed by atoms with E-state index in [2.05, 4.69) is 15.6 Å². The van der Waals surface area contributed by atoms with Crippen LogP contribution in [-0.2, 0) is 26.6 Å². The minimum absolute atomic E-state index is 0.165. The van der Waals surface area contributed by atoms with Crippen molar-refractivity contribution >= 4 is 46.5 Å². The lowest BCUT2D eigenvalue weighted by Crippen LogP contribution is -2.50. The highest BCUT2D eigenvalue weighted by Crippen LogP contribution is 2.26. The van der Waals surface area contributed by atoms with Gasteiger partial charge in [0.25, 0.3) is 0 Å². The topological polar surface area (TPSA) is 121 Å². The molecule has 1 aromatic heterocycles. The number of H-pyrrole nitrogens is 1. The Morgan fingerprint density at radius 2 is 1.67 bits per heavy atom. The lowest BCUT2D eigenvalue weighted by atomic mass is 9.89. The number of benzene rings is 3. The molecule has 8 nitrogen and oxygen atoms in total. The van der Waals surface area contributed by atoms with E-state index >= 15 is 0 Å². The number of methoxy groups -OCH3 is 1. The number of thioether (sulfide) groups is 1. The number of aromatic amines is 1. The molecule has 9 heteroatoms. The number of nitrogens with one attached hydrogen (secondary N) is 3. The van der Waals surface area contributed by atoms with E-state index in [1.54, 1.807) is 13.2 Å². The maximum absolute atomic E-state index is 13.9. The highest BCUT2D eigenvalue weighted by atomic mass is 32.2. The Bertz CT molecular complexity index is 1530. The van der Waals surface area contributed by atoms with Crippen LogP contribution in [0.25, 0.3) is 17.0 Å². The number of hydrogen-bond acceptors (Lipinski definition) is 5. The second kappa shape index (κ2) is 15.7. The first-order valence-corrected chi connectivity index (χ1v) is 15.3. The number of carboxylic acids is 1. The fourth-order valence-electron chi connectivity index (χ4n) is 4.93. The lowest BCUT2D eigenvalue weighted by Gasteiger charge is -2.25. The molecule has 3 atom stereocenters. The number of carbonyl (C=O) groups is 3. The number of ether oxygens (including phenoxy) is 1. The van der Waals surface area contributed by atoms with Crippen LogP contribution in [0.4, 0.5) is 0 Å². The summed E-state index contributed by atoms with van der Waals surface area (Å²) in [5, 5.41) is 16.8. The number of amides is 2. The maximum atomic E-state index is 13.9. The van der Waals surface area contributed by atoms with Crippen molar-refractivity contribution < 1.29 is 24.2 Å². The molecule has 224 valence electrons. The van der Waals surface area contributed by atoms with E-state index in [1.165, 1.54) is 18.8 Å². The van der Waals surface area contributed by atoms with Gasteiger partial charge in [0.15, 0.2) is 0 Å². The van der Waals surface area contributed by atoms with Crippen LogP contribution in [0.3, 0.4) is 0 Å². The Kier molecular flexibility index (Phi) is 11.4. The molecule has 3 aromatic carbocycles. The summed E-state index contributed by atoms with van der Waals surface area (Å²) in [5.41, 5.74) is 3.79. The summed E-state index contributed by atoms with van der Waals surface area (Å²) >= 11 is 1.49. The van der Waals surface area contributed by atoms with Gasteiger partial charge in [0, 0.05) is 42.1 Å². The highest BCUT2D eigenvalue weighted by Gasteiger charge is 2.35. The van der Waals surface area contributed by atoms with Gasteiger partial charge in [-0.2, -0.15) is 11.8 Å². The van der Waals surface area contributed by atoms with Crippen molar-refractivity contribution in [2.24, 2.45) is 11.8 Å². The molecule has 0 unspecified atom stereocenters. The zero-order valence-corrected chi connectivity index (χ0v) is 25.1. The zero-order valence-electron chi connectivity index (χ0n) is 24.3. The second-order valence-corrected chi connectivity index (χ2v) is 11.2. The van der Waals surface area contributed by atoms with Gasteiger partial charge >= 0.3 is 5.97 Å². The summed E-state index contributed by atoms with van der Waals surface area (Å²) in [4.78, 5) is 42.5. The summed E-state index contributed by atoms with van der Waals surface area (Å²) in [7, 11) is 3.13. The smallest absolute Gasteiger partial charge is 0.307 e. The molecule has 0 spiro atoms. The molecule has 0 fully saturated rings. The standard InChI is InChI=1S/C34H37N3O5S/c1-35-33(39)31(19-25-20-36-30-14-7-6-12-27(25)30)37-32(38)29(22-43-21-24-15-17-26(42-2)18-16-24)28(34(40)41)13-8-11-23-9-4-3-5-10-23/h3-12,14-18,20,28-29,31,36H,13,19,21-22H2,1-2H3,(H,35,39)(H,37,38)(H,40,41)/b11-8+/t28-,29+,31-/m0/s1. The van der Waals surface area contributed by atoms with Gasteiger partial charge in [0.05, 0.1) is 18.9 Å². The third kappa shape index (κ3) is 8.75. The molecule has 2 amide bonds. The van der Waals surface area contributed by atoms with Crippen molar-refractivity contribution in [1.29, 1.82) is 0 Å². The molecule has 4 aromatic rings. The third-order valence-electron chi connectivity index (χ3n) is 7.34. The first kappa shape index (κ1) is 31.4. The number of carbonyl (C=O) groups excluding carboxylic acids is 2. The Morgan fingerprint density at radius 3 is 2.37 bits per heavy atom. The van der Waals surface area contributed by atoms with E-state index in [1.807, 2.05) is 91.1 Å². The van der Waals surface area contributed by atoms with Gasteiger partial charge < -0.3 is 25.5 Å². The molecule has 0 saturated heterocycles. The van der Waals surface area contributed by atoms with Crippen LogP contribution in [-0.4, -0.2) is 53.8 Å². The molecule has 0 saturated carbocycles. The molecule has 4 rings (SSSR count). The largest absolute Gasteiger partial charge is 0.497 e. The van der Waals surface area contributed by atoms with E-state index in [0.29, 0.717) is 5.75 Å².